The number of fused-ring (bicyclic) bond motifs is 1. The highest BCUT2D eigenvalue weighted by Gasteiger charge is 2.63. The van der Waals surface area contributed by atoms with Crippen LogP contribution in [-0.4, -0.2) is 74.1 Å². The Balaban J connectivity index is 1.49. The molecule has 1 aliphatic rings. The number of aromatic nitrogens is 2. The molecule has 16 heteroatoms. The molecule has 2 aromatic heterocycles. The predicted molar refractivity (Wildman–Crippen MR) is 165 cm³/mol. The number of rotatable bonds is 13. The second-order valence-electron chi connectivity index (χ2n) is 11.8. The number of nitrogens with zero attached hydrogens (tertiary/aromatic N) is 2. The smallest absolute Gasteiger partial charge is 0.413 e. The van der Waals surface area contributed by atoms with Crippen molar-refractivity contribution < 1.29 is 50.9 Å². The zero-order valence-corrected chi connectivity index (χ0v) is 28.0. The fourth-order valence-corrected chi connectivity index (χ4v) is 7.70. The van der Waals surface area contributed by atoms with E-state index in [2.05, 4.69) is 10.3 Å². The standard InChI is InChI=1S/C30H41F2N3O10Si/c1-16(2)41-15-23-26(45-46(38,17(3)4)18(5)6)30(31,32)27(44-23)35-10-9-24(33-28(35)36)34-29(37)42-14-21-12-19-11-20(39-7)13-22(40-8)25(19)43-21/h9-13,16-18,23,26-27,38H,14-15H2,1-8H3,(H,33,34,36,37)/t23-,26-,27-/m1/s1. The molecule has 0 radical (unpaired) electrons. The summed E-state index contributed by atoms with van der Waals surface area (Å²) in [6.07, 6.45) is -5.53. The van der Waals surface area contributed by atoms with Gasteiger partial charge in [0.05, 0.1) is 26.9 Å². The first kappa shape index (κ1) is 35.3. The van der Waals surface area contributed by atoms with Crippen molar-refractivity contribution in [3.05, 3.63) is 46.7 Å². The number of hydrogen-bond donors (Lipinski definition) is 2. The molecule has 0 bridgehead atoms. The van der Waals surface area contributed by atoms with Gasteiger partial charge in [0.2, 0.25) is 6.23 Å². The molecular formula is C30H41F2N3O10Si. The third-order valence-electron chi connectivity index (χ3n) is 7.63. The average molecular weight is 670 g/mol. The van der Waals surface area contributed by atoms with Crippen LogP contribution < -0.4 is 20.5 Å². The van der Waals surface area contributed by atoms with Gasteiger partial charge < -0.3 is 37.3 Å². The van der Waals surface area contributed by atoms with E-state index in [9.17, 15) is 14.4 Å². The number of methoxy groups -OCH3 is 2. The number of carbonyl (C=O) groups is 1. The highest BCUT2D eigenvalue weighted by atomic mass is 28.4. The topological polar surface area (TPSA) is 153 Å². The molecule has 3 atom stereocenters. The Labute approximate surface area is 265 Å². The zero-order chi connectivity index (χ0) is 34.0. The van der Waals surface area contributed by atoms with Gasteiger partial charge in [-0.3, -0.25) is 9.88 Å². The van der Waals surface area contributed by atoms with Crippen LogP contribution in [0.15, 0.2) is 39.7 Å². The molecule has 1 aromatic carbocycles. The minimum Gasteiger partial charge on any atom is -0.497 e. The molecule has 0 saturated carbocycles. The molecule has 1 saturated heterocycles. The SMILES string of the molecule is COc1cc(OC)c2oc(COC(=O)Nc3ccn([C@@H]4O[C@H](COC(C)C)[C@@H](O[Si](O)(C(C)C)C(C)C)C4(F)F)c(=O)n3)cc2c1. The Hall–Kier alpha value is -3.57. The van der Waals surface area contributed by atoms with E-state index in [4.69, 9.17) is 32.5 Å². The normalized spacial score (nSPS) is 19.7. The third kappa shape index (κ3) is 7.36. The van der Waals surface area contributed by atoms with Gasteiger partial charge in [0.25, 0.3) is 0 Å². The molecule has 0 spiro atoms. The largest absolute Gasteiger partial charge is 0.497 e. The van der Waals surface area contributed by atoms with Gasteiger partial charge >= 0.3 is 26.3 Å². The first-order chi connectivity index (χ1) is 21.6. The van der Waals surface area contributed by atoms with Gasteiger partial charge in [-0.1, -0.05) is 27.7 Å². The van der Waals surface area contributed by atoms with E-state index in [0.29, 0.717) is 32.8 Å². The molecule has 13 nitrogen and oxygen atoms in total. The summed E-state index contributed by atoms with van der Waals surface area (Å²) in [5.41, 5.74) is -1.49. The Morgan fingerprint density at radius 1 is 1.13 bits per heavy atom. The van der Waals surface area contributed by atoms with Crippen LogP contribution in [0.3, 0.4) is 0 Å². The monoisotopic (exact) mass is 669 g/mol. The molecule has 0 aliphatic carbocycles. The third-order valence-corrected chi connectivity index (χ3v) is 11.6. The van der Waals surface area contributed by atoms with Crippen LogP contribution in [-0.2, 0) is 25.2 Å². The van der Waals surface area contributed by atoms with Crippen molar-refractivity contribution in [1.29, 1.82) is 0 Å². The fourth-order valence-electron chi connectivity index (χ4n) is 5.10. The van der Waals surface area contributed by atoms with E-state index in [1.54, 1.807) is 59.7 Å². The van der Waals surface area contributed by atoms with Crippen LogP contribution in [0.25, 0.3) is 11.0 Å². The number of nitrogens with one attached hydrogen (secondary N) is 1. The average Bonchev–Trinajstić information content (AvgIpc) is 3.51. The van der Waals surface area contributed by atoms with Crippen LogP contribution in [0.4, 0.5) is 19.4 Å². The molecule has 3 aromatic rings. The number of furan rings is 1. The van der Waals surface area contributed by atoms with Crippen molar-refractivity contribution in [1.82, 2.24) is 9.55 Å². The van der Waals surface area contributed by atoms with E-state index in [0.717, 1.165) is 12.3 Å². The first-order valence-corrected chi connectivity index (χ1v) is 16.8. The van der Waals surface area contributed by atoms with Crippen LogP contribution in [0.1, 0.15) is 53.5 Å². The predicted octanol–water partition coefficient (Wildman–Crippen LogP) is 5.35. The van der Waals surface area contributed by atoms with E-state index in [1.165, 1.54) is 14.2 Å². The summed E-state index contributed by atoms with van der Waals surface area (Å²) >= 11 is 0. The maximum Gasteiger partial charge on any atom is 0.413 e. The minimum absolute atomic E-state index is 0.238. The summed E-state index contributed by atoms with van der Waals surface area (Å²) in [7, 11) is -0.683. The van der Waals surface area contributed by atoms with Crippen molar-refractivity contribution in [3.8, 4) is 11.5 Å². The highest BCUT2D eigenvalue weighted by Crippen LogP contribution is 2.47. The Bertz CT molecular complexity index is 1570. The summed E-state index contributed by atoms with van der Waals surface area (Å²) in [6, 6.07) is 6.18. The van der Waals surface area contributed by atoms with E-state index in [1.807, 2.05) is 0 Å². The zero-order valence-electron chi connectivity index (χ0n) is 27.0. The molecule has 1 amide bonds. The summed E-state index contributed by atoms with van der Waals surface area (Å²) in [6.45, 7) is 9.82. The molecule has 0 unspecified atom stereocenters. The molecular weight excluding hydrogens is 628 g/mol. The van der Waals surface area contributed by atoms with Gasteiger partial charge in [-0.25, -0.2) is 9.59 Å². The Kier molecular flexibility index (Phi) is 10.8. The number of alkyl halides is 2. The summed E-state index contributed by atoms with van der Waals surface area (Å²) < 4.78 is 71.2. The maximum atomic E-state index is 16.0. The molecule has 1 fully saturated rings. The van der Waals surface area contributed by atoms with Gasteiger partial charge in [-0.05, 0) is 43.1 Å². The van der Waals surface area contributed by atoms with E-state index < -0.39 is 55.8 Å². The quantitative estimate of drug-likeness (QED) is 0.227. The number of halogens is 2. The van der Waals surface area contributed by atoms with Crippen LogP contribution in [0.2, 0.25) is 11.1 Å². The molecule has 1 aliphatic heterocycles. The van der Waals surface area contributed by atoms with Crippen molar-refractivity contribution >= 4 is 31.4 Å². The number of anilines is 1. The fraction of sp³-hybridized carbons (Fsp3) is 0.567. The molecule has 3 heterocycles. The van der Waals surface area contributed by atoms with Crippen molar-refractivity contribution in [2.45, 2.75) is 89.7 Å². The lowest BCUT2D eigenvalue weighted by atomic mass is 10.1. The van der Waals surface area contributed by atoms with Gasteiger partial charge in [0.1, 0.15) is 29.5 Å². The van der Waals surface area contributed by atoms with Crippen molar-refractivity contribution in [2.24, 2.45) is 0 Å². The molecule has 254 valence electrons. The summed E-state index contributed by atoms with van der Waals surface area (Å²) in [5, 5.41) is 2.96. The Morgan fingerprint density at radius 3 is 2.41 bits per heavy atom. The van der Waals surface area contributed by atoms with Gasteiger partial charge in [0.15, 0.2) is 17.9 Å². The number of hydrogen-bond acceptors (Lipinski definition) is 11. The van der Waals surface area contributed by atoms with Crippen molar-refractivity contribution in [3.63, 3.8) is 0 Å². The number of amides is 1. The molecule has 46 heavy (non-hydrogen) atoms. The Morgan fingerprint density at radius 2 is 1.83 bits per heavy atom. The summed E-state index contributed by atoms with van der Waals surface area (Å²) in [5.74, 6) is -2.71. The summed E-state index contributed by atoms with van der Waals surface area (Å²) in [4.78, 5) is 40.5. The van der Waals surface area contributed by atoms with E-state index in [-0.39, 0.29) is 25.1 Å². The number of benzene rings is 1. The number of ether oxygens (including phenoxy) is 5. The van der Waals surface area contributed by atoms with Gasteiger partial charge in [-0.2, -0.15) is 13.8 Å². The lowest BCUT2D eigenvalue weighted by molar-refractivity contribution is -0.140. The van der Waals surface area contributed by atoms with Crippen molar-refractivity contribution in [2.75, 3.05) is 26.1 Å². The second kappa shape index (κ2) is 14.0. The first-order valence-electron chi connectivity index (χ1n) is 14.8. The maximum absolute atomic E-state index is 16.0. The molecule has 2 N–H and O–H groups in total. The van der Waals surface area contributed by atoms with Crippen LogP contribution in [0, 0.1) is 0 Å². The number of carbonyl (C=O) groups excluding carboxylic acids is 1. The highest BCUT2D eigenvalue weighted by molar-refractivity contribution is 6.68. The minimum atomic E-state index is -3.76. The van der Waals surface area contributed by atoms with Crippen LogP contribution >= 0.6 is 0 Å². The van der Waals surface area contributed by atoms with Gasteiger partial charge in [-0.15, -0.1) is 0 Å². The molecule has 4 rings (SSSR count). The lowest BCUT2D eigenvalue weighted by Gasteiger charge is -2.37. The van der Waals surface area contributed by atoms with Gasteiger partial charge in [0, 0.05) is 17.6 Å². The van der Waals surface area contributed by atoms with Crippen LogP contribution in [0.5, 0.6) is 11.5 Å². The lowest BCUT2D eigenvalue weighted by Crippen LogP contribution is -2.54. The van der Waals surface area contributed by atoms with E-state index >= 15 is 8.78 Å². The second-order valence-corrected chi connectivity index (χ2v) is 15.9.